The first kappa shape index (κ1) is 15.3. The lowest BCUT2D eigenvalue weighted by Gasteiger charge is -2.08. The first-order valence-corrected chi connectivity index (χ1v) is 7.70. The van der Waals surface area contributed by atoms with Crippen LogP contribution in [0.15, 0.2) is 22.7 Å². The number of hydrogen-bond acceptors (Lipinski definition) is 4. The molecule has 23 heavy (non-hydrogen) atoms. The van der Waals surface area contributed by atoms with E-state index in [1.165, 1.54) is 18.9 Å². The van der Waals surface area contributed by atoms with Crippen molar-refractivity contribution in [2.45, 2.75) is 45.2 Å². The average Bonchev–Trinajstić information content (AvgIpc) is 3.24. The van der Waals surface area contributed by atoms with Gasteiger partial charge in [0.15, 0.2) is 0 Å². The number of carboxylic acids is 1. The molecule has 2 aromatic rings. The second-order valence-electron chi connectivity index (χ2n) is 5.79. The maximum atomic E-state index is 12.1. The van der Waals surface area contributed by atoms with Gasteiger partial charge in [-0.25, -0.2) is 4.79 Å². The lowest BCUT2D eigenvalue weighted by atomic mass is 10.2. The van der Waals surface area contributed by atoms with Crippen molar-refractivity contribution in [2.24, 2.45) is 0 Å². The van der Waals surface area contributed by atoms with Crippen LogP contribution in [0, 0.1) is 6.92 Å². The number of nitrogens with one attached hydrogen (secondary N) is 1. The Bertz CT molecular complexity index is 726. The number of hydrogen-bond donors (Lipinski definition) is 2. The van der Waals surface area contributed by atoms with Crippen LogP contribution in [0.2, 0.25) is 0 Å². The molecule has 2 heterocycles. The van der Waals surface area contributed by atoms with Crippen molar-refractivity contribution >= 4 is 11.9 Å². The summed E-state index contributed by atoms with van der Waals surface area (Å²) in [5, 5.41) is 16.0. The molecular formula is C16H19N3O4. The van der Waals surface area contributed by atoms with Crippen molar-refractivity contribution in [3.05, 3.63) is 41.1 Å². The molecule has 0 radical (unpaired) electrons. The van der Waals surface area contributed by atoms with Crippen molar-refractivity contribution in [1.29, 1.82) is 0 Å². The van der Waals surface area contributed by atoms with E-state index in [0.717, 1.165) is 12.8 Å². The maximum Gasteiger partial charge on any atom is 0.339 e. The smallest absolute Gasteiger partial charge is 0.339 e. The molecule has 0 unspecified atom stereocenters. The molecule has 122 valence electrons. The molecule has 0 atom stereocenters. The van der Waals surface area contributed by atoms with Gasteiger partial charge in [-0.2, -0.15) is 5.10 Å². The topological polar surface area (TPSA) is 97.4 Å². The Morgan fingerprint density at radius 1 is 1.43 bits per heavy atom. The molecule has 7 nitrogen and oxygen atoms in total. The minimum atomic E-state index is -1.04. The zero-order chi connectivity index (χ0) is 16.4. The van der Waals surface area contributed by atoms with Crippen LogP contribution in [0.1, 0.15) is 64.1 Å². The first-order valence-electron chi connectivity index (χ1n) is 7.70. The van der Waals surface area contributed by atoms with Gasteiger partial charge in [-0.05, 0) is 31.9 Å². The van der Waals surface area contributed by atoms with Crippen LogP contribution >= 0.6 is 0 Å². The van der Waals surface area contributed by atoms with E-state index in [0.29, 0.717) is 23.3 Å². The van der Waals surface area contributed by atoms with Gasteiger partial charge >= 0.3 is 5.97 Å². The molecule has 2 N–H and O–H groups in total. The predicted molar refractivity (Wildman–Crippen MR) is 81.3 cm³/mol. The van der Waals surface area contributed by atoms with Gasteiger partial charge in [-0.1, -0.05) is 12.8 Å². The third-order valence-corrected chi connectivity index (χ3v) is 4.16. The normalized spacial score (nSPS) is 15.0. The summed E-state index contributed by atoms with van der Waals surface area (Å²) in [6, 6.07) is 3.51. The fraction of sp³-hybridized carbons (Fsp3) is 0.438. The average molecular weight is 317 g/mol. The SMILES string of the molecule is Cc1oc(CNC(=O)c2ccn(C3CCCC3)n2)cc1C(=O)O. The van der Waals surface area contributed by atoms with Gasteiger partial charge in [0.1, 0.15) is 22.8 Å². The number of carbonyl (C=O) groups excluding carboxylic acids is 1. The number of amides is 1. The molecule has 1 amide bonds. The molecule has 3 rings (SSSR count). The lowest BCUT2D eigenvalue weighted by Crippen LogP contribution is -2.23. The van der Waals surface area contributed by atoms with Gasteiger partial charge in [0, 0.05) is 6.20 Å². The molecule has 0 spiro atoms. The van der Waals surface area contributed by atoms with Gasteiger partial charge in [0.25, 0.3) is 5.91 Å². The summed E-state index contributed by atoms with van der Waals surface area (Å²) in [5.74, 6) is -0.609. The first-order chi connectivity index (χ1) is 11.0. The van der Waals surface area contributed by atoms with Crippen molar-refractivity contribution in [3.8, 4) is 0 Å². The molecule has 1 saturated carbocycles. The highest BCUT2D eigenvalue weighted by Crippen LogP contribution is 2.28. The molecule has 1 fully saturated rings. The van der Waals surface area contributed by atoms with E-state index in [1.807, 2.05) is 10.9 Å². The Morgan fingerprint density at radius 2 is 2.17 bits per heavy atom. The van der Waals surface area contributed by atoms with Gasteiger partial charge in [-0.3, -0.25) is 9.48 Å². The summed E-state index contributed by atoms with van der Waals surface area (Å²) in [5.41, 5.74) is 0.471. The molecule has 0 saturated heterocycles. The molecule has 2 aromatic heterocycles. The van der Waals surface area contributed by atoms with Crippen LogP contribution in [0.3, 0.4) is 0 Å². The van der Waals surface area contributed by atoms with Gasteiger partial charge in [0.2, 0.25) is 0 Å². The van der Waals surface area contributed by atoms with Crippen LogP contribution in [0.25, 0.3) is 0 Å². The van der Waals surface area contributed by atoms with E-state index in [9.17, 15) is 9.59 Å². The third-order valence-electron chi connectivity index (χ3n) is 4.16. The number of furan rings is 1. The number of aromatic carboxylic acids is 1. The van der Waals surface area contributed by atoms with Crippen molar-refractivity contribution in [2.75, 3.05) is 0 Å². The minimum Gasteiger partial charge on any atom is -0.478 e. The maximum absolute atomic E-state index is 12.1. The largest absolute Gasteiger partial charge is 0.478 e. The van der Waals surface area contributed by atoms with E-state index in [4.69, 9.17) is 9.52 Å². The lowest BCUT2D eigenvalue weighted by molar-refractivity contribution is 0.0694. The quantitative estimate of drug-likeness (QED) is 0.883. The van der Waals surface area contributed by atoms with Gasteiger partial charge in [0.05, 0.1) is 12.6 Å². The molecule has 0 bridgehead atoms. The Balaban J connectivity index is 1.61. The summed E-state index contributed by atoms with van der Waals surface area (Å²) in [6.07, 6.45) is 6.45. The van der Waals surface area contributed by atoms with Crippen LogP contribution in [-0.4, -0.2) is 26.8 Å². The monoisotopic (exact) mass is 317 g/mol. The second-order valence-corrected chi connectivity index (χ2v) is 5.79. The third kappa shape index (κ3) is 3.28. The van der Waals surface area contributed by atoms with Crippen LogP contribution in [0.4, 0.5) is 0 Å². The highest BCUT2D eigenvalue weighted by Gasteiger charge is 2.19. The number of carbonyl (C=O) groups is 2. The van der Waals surface area contributed by atoms with E-state index in [2.05, 4.69) is 10.4 Å². The summed E-state index contributed by atoms with van der Waals surface area (Å²) in [7, 11) is 0. The zero-order valence-electron chi connectivity index (χ0n) is 12.9. The van der Waals surface area contributed by atoms with E-state index in [-0.39, 0.29) is 18.0 Å². The predicted octanol–water partition coefficient (Wildman–Crippen LogP) is 2.53. The Morgan fingerprint density at radius 3 is 2.83 bits per heavy atom. The Hall–Kier alpha value is -2.57. The highest BCUT2D eigenvalue weighted by atomic mass is 16.4. The standard InChI is InChI=1S/C16H19N3O4/c1-10-13(16(21)22)8-12(23-10)9-17-15(20)14-6-7-19(18-14)11-4-2-3-5-11/h6-8,11H,2-5,9H2,1H3,(H,17,20)(H,21,22). The summed E-state index contributed by atoms with van der Waals surface area (Å²) in [4.78, 5) is 23.1. The molecule has 0 aromatic carbocycles. The Kier molecular flexibility index (Phi) is 4.18. The van der Waals surface area contributed by atoms with Crippen LogP contribution in [-0.2, 0) is 6.54 Å². The fourth-order valence-corrected chi connectivity index (χ4v) is 2.93. The zero-order valence-corrected chi connectivity index (χ0v) is 12.9. The molecule has 7 heteroatoms. The van der Waals surface area contributed by atoms with Gasteiger partial charge in [-0.15, -0.1) is 0 Å². The second kappa shape index (κ2) is 6.28. The summed E-state index contributed by atoms with van der Waals surface area (Å²) >= 11 is 0. The number of carboxylic acid groups (broad SMARTS) is 1. The fourth-order valence-electron chi connectivity index (χ4n) is 2.93. The van der Waals surface area contributed by atoms with Gasteiger partial charge < -0.3 is 14.8 Å². The molecule has 1 aliphatic rings. The van der Waals surface area contributed by atoms with Crippen LogP contribution in [0.5, 0.6) is 0 Å². The molecule has 1 aliphatic carbocycles. The molecular weight excluding hydrogens is 298 g/mol. The summed E-state index contributed by atoms with van der Waals surface area (Å²) in [6.45, 7) is 1.71. The Labute approximate surface area is 133 Å². The number of rotatable bonds is 5. The highest BCUT2D eigenvalue weighted by molar-refractivity contribution is 5.92. The number of aryl methyl sites for hydroxylation is 1. The van der Waals surface area contributed by atoms with E-state index in [1.54, 1.807) is 13.0 Å². The molecule has 0 aliphatic heterocycles. The summed E-state index contributed by atoms with van der Waals surface area (Å²) < 4.78 is 7.19. The van der Waals surface area contributed by atoms with Crippen molar-refractivity contribution < 1.29 is 19.1 Å². The van der Waals surface area contributed by atoms with Crippen molar-refractivity contribution in [3.63, 3.8) is 0 Å². The van der Waals surface area contributed by atoms with E-state index < -0.39 is 5.97 Å². The minimum absolute atomic E-state index is 0.111. The van der Waals surface area contributed by atoms with Crippen molar-refractivity contribution in [1.82, 2.24) is 15.1 Å². The number of nitrogens with zero attached hydrogens (tertiary/aromatic N) is 2. The van der Waals surface area contributed by atoms with E-state index >= 15 is 0 Å². The number of aromatic nitrogens is 2. The van der Waals surface area contributed by atoms with Crippen LogP contribution < -0.4 is 5.32 Å².